The first kappa shape index (κ1) is 18.4. The number of methoxy groups -OCH3 is 1. The number of halogens is 1. The Kier molecular flexibility index (Phi) is 5.86. The van der Waals surface area contributed by atoms with E-state index in [4.69, 9.17) is 21.3 Å². The van der Waals surface area contributed by atoms with Crippen LogP contribution < -0.4 is 5.32 Å². The summed E-state index contributed by atoms with van der Waals surface area (Å²) >= 11 is 6.00. The van der Waals surface area contributed by atoms with Crippen molar-refractivity contribution in [2.24, 2.45) is 0 Å². The lowest BCUT2D eigenvalue weighted by Crippen LogP contribution is -2.26. The summed E-state index contributed by atoms with van der Waals surface area (Å²) in [4.78, 5) is 17.7. The van der Waals surface area contributed by atoms with E-state index in [1.54, 1.807) is 7.11 Å². The van der Waals surface area contributed by atoms with Gasteiger partial charge in [0.05, 0.1) is 16.8 Å². The molecule has 4 nitrogen and oxygen atoms in total. The summed E-state index contributed by atoms with van der Waals surface area (Å²) in [7, 11) is 1.65. The Morgan fingerprint density at radius 1 is 1.15 bits per heavy atom. The van der Waals surface area contributed by atoms with E-state index in [-0.39, 0.29) is 5.91 Å². The summed E-state index contributed by atoms with van der Waals surface area (Å²) < 4.78 is 5.04. The minimum absolute atomic E-state index is 0.0904. The van der Waals surface area contributed by atoms with Crippen LogP contribution >= 0.6 is 11.6 Å². The maximum absolute atomic E-state index is 12.9. The van der Waals surface area contributed by atoms with Crippen molar-refractivity contribution in [2.75, 3.05) is 20.3 Å². The molecule has 3 rings (SSSR count). The SMILES string of the molecule is COCCCNC(=O)c1c(C)c(-c2ccc(Cl)cc2)nc2ccccc12. The molecule has 0 saturated heterocycles. The zero-order chi connectivity index (χ0) is 18.5. The van der Waals surface area contributed by atoms with Crippen LogP contribution in [0.2, 0.25) is 5.02 Å². The number of benzene rings is 2. The number of nitrogens with one attached hydrogen (secondary N) is 1. The Hall–Kier alpha value is -2.43. The van der Waals surface area contributed by atoms with E-state index in [0.717, 1.165) is 34.1 Å². The molecule has 0 aliphatic carbocycles. The molecule has 5 heteroatoms. The third-order valence-electron chi connectivity index (χ3n) is 4.29. The Morgan fingerprint density at radius 3 is 2.62 bits per heavy atom. The lowest BCUT2D eigenvalue weighted by Gasteiger charge is -2.15. The van der Waals surface area contributed by atoms with Crippen LogP contribution in [-0.4, -0.2) is 31.2 Å². The summed E-state index contributed by atoms with van der Waals surface area (Å²) in [6.45, 7) is 3.12. The molecule has 0 saturated carbocycles. The van der Waals surface area contributed by atoms with Crippen LogP contribution in [0.5, 0.6) is 0 Å². The van der Waals surface area contributed by atoms with Gasteiger partial charge in [0.1, 0.15) is 0 Å². The topological polar surface area (TPSA) is 51.2 Å². The van der Waals surface area contributed by atoms with Crippen molar-refractivity contribution in [1.29, 1.82) is 0 Å². The standard InChI is InChI=1S/C21H21ClN2O2/c1-14-19(21(25)23-12-5-13-26-2)17-6-3-4-7-18(17)24-20(14)15-8-10-16(22)11-9-15/h3-4,6-11H,5,12-13H2,1-2H3,(H,23,25). The van der Waals surface area contributed by atoms with Crippen LogP contribution in [0.15, 0.2) is 48.5 Å². The molecule has 0 bridgehead atoms. The van der Waals surface area contributed by atoms with Crippen molar-refractivity contribution in [1.82, 2.24) is 10.3 Å². The van der Waals surface area contributed by atoms with E-state index in [0.29, 0.717) is 23.7 Å². The first-order chi connectivity index (χ1) is 12.6. The van der Waals surface area contributed by atoms with Gasteiger partial charge in [-0.15, -0.1) is 0 Å². The van der Waals surface area contributed by atoms with Crippen molar-refractivity contribution in [3.63, 3.8) is 0 Å². The molecule has 26 heavy (non-hydrogen) atoms. The van der Waals surface area contributed by atoms with Gasteiger partial charge in [-0.2, -0.15) is 0 Å². The number of aromatic nitrogens is 1. The van der Waals surface area contributed by atoms with E-state index in [9.17, 15) is 4.79 Å². The van der Waals surface area contributed by atoms with E-state index < -0.39 is 0 Å². The molecule has 0 spiro atoms. The first-order valence-electron chi connectivity index (χ1n) is 8.54. The number of amides is 1. The summed E-state index contributed by atoms with van der Waals surface area (Å²) in [5.41, 5.74) is 4.05. The lowest BCUT2D eigenvalue weighted by atomic mass is 9.97. The lowest BCUT2D eigenvalue weighted by molar-refractivity contribution is 0.0949. The largest absolute Gasteiger partial charge is 0.385 e. The zero-order valence-corrected chi connectivity index (χ0v) is 15.6. The van der Waals surface area contributed by atoms with Crippen molar-refractivity contribution in [2.45, 2.75) is 13.3 Å². The van der Waals surface area contributed by atoms with Crippen molar-refractivity contribution >= 4 is 28.4 Å². The molecule has 0 fully saturated rings. The molecular formula is C21H21ClN2O2. The number of pyridine rings is 1. The highest BCUT2D eigenvalue weighted by atomic mass is 35.5. The van der Waals surface area contributed by atoms with Crippen LogP contribution in [0.4, 0.5) is 0 Å². The van der Waals surface area contributed by atoms with Crippen LogP contribution in [-0.2, 0) is 4.74 Å². The number of hydrogen-bond acceptors (Lipinski definition) is 3. The molecule has 1 N–H and O–H groups in total. The maximum Gasteiger partial charge on any atom is 0.252 e. The summed E-state index contributed by atoms with van der Waals surface area (Å²) in [5.74, 6) is -0.0904. The van der Waals surface area contributed by atoms with Crippen LogP contribution in [0.1, 0.15) is 22.3 Å². The first-order valence-corrected chi connectivity index (χ1v) is 8.92. The number of nitrogens with zero attached hydrogens (tertiary/aromatic N) is 1. The molecule has 0 aliphatic rings. The van der Waals surface area contributed by atoms with Crippen molar-refractivity contribution < 1.29 is 9.53 Å². The Bertz CT molecular complexity index is 923. The minimum atomic E-state index is -0.0904. The molecule has 2 aromatic carbocycles. The van der Waals surface area contributed by atoms with Gasteiger partial charge in [-0.05, 0) is 37.1 Å². The maximum atomic E-state index is 12.9. The highest BCUT2D eigenvalue weighted by molar-refractivity contribution is 6.30. The third kappa shape index (κ3) is 3.87. The van der Waals surface area contributed by atoms with Gasteiger partial charge in [-0.25, -0.2) is 4.98 Å². The van der Waals surface area contributed by atoms with E-state index >= 15 is 0 Å². The molecule has 0 atom stereocenters. The molecule has 0 unspecified atom stereocenters. The zero-order valence-electron chi connectivity index (χ0n) is 14.9. The predicted octanol–water partition coefficient (Wildman–Crippen LogP) is 4.63. The number of para-hydroxylation sites is 1. The van der Waals surface area contributed by atoms with Gasteiger partial charge >= 0.3 is 0 Å². The van der Waals surface area contributed by atoms with Crippen molar-refractivity contribution in [3.8, 4) is 11.3 Å². The second-order valence-electron chi connectivity index (χ2n) is 6.09. The third-order valence-corrected chi connectivity index (χ3v) is 4.54. The van der Waals surface area contributed by atoms with Gasteiger partial charge in [0, 0.05) is 36.2 Å². The second-order valence-corrected chi connectivity index (χ2v) is 6.52. The number of ether oxygens (including phenoxy) is 1. The number of hydrogen-bond donors (Lipinski definition) is 1. The van der Waals surface area contributed by atoms with Gasteiger partial charge in [-0.1, -0.05) is 41.9 Å². The molecule has 1 aromatic heterocycles. The smallest absolute Gasteiger partial charge is 0.252 e. The van der Waals surface area contributed by atoms with Gasteiger partial charge < -0.3 is 10.1 Å². The molecule has 1 amide bonds. The van der Waals surface area contributed by atoms with Crippen LogP contribution in [0.3, 0.4) is 0 Å². The van der Waals surface area contributed by atoms with E-state index in [1.165, 1.54) is 0 Å². The number of carbonyl (C=O) groups excluding carboxylic acids is 1. The van der Waals surface area contributed by atoms with Gasteiger partial charge in [0.15, 0.2) is 0 Å². The quantitative estimate of drug-likeness (QED) is 0.645. The normalized spacial score (nSPS) is 10.9. The Morgan fingerprint density at radius 2 is 1.88 bits per heavy atom. The fourth-order valence-corrected chi connectivity index (χ4v) is 3.12. The molecule has 0 radical (unpaired) electrons. The summed E-state index contributed by atoms with van der Waals surface area (Å²) in [5, 5.41) is 4.51. The molecule has 1 heterocycles. The second kappa shape index (κ2) is 8.30. The van der Waals surface area contributed by atoms with Crippen molar-refractivity contribution in [3.05, 3.63) is 64.7 Å². The fourth-order valence-electron chi connectivity index (χ4n) is 3.00. The van der Waals surface area contributed by atoms with Gasteiger partial charge in [0.2, 0.25) is 0 Å². The van der Waals surface area contributed by atoms with Gasteiger partial charge in [-0.3, -0.25) is 4.79 Å². The van der Waals surface area contributed by atoms with E-state index in [2.05, 4.69) is 5.32 Å². The fraction of sp³-hybridized carbons (Fsp3) is 0.238. The average Bonchev–Trinajstić information content (AvgIpc) is 2.65. The highest BCUT2D eigenvalue weighted by Gasteiger charge is 2.18. The molecule has 134 valence electrons. The monoisotopic (exact) mass is 368 g/mol. The minimum Gasteiger partial charge on any atom is -0.385 e. The van der Waals surface area contributed by atoms with Crippen LogP contribution in [0.25, 0.3) is 22.2 Å². The summed E-state index contributed by atoms with van der Waals surface area (Å²) in [6, 6.07) is 15.2. The Balaban J connectivity index is 2.06. The number of fused-ring (bicyclic) bond motifs is 1. The van der Waals surface area contributed by atoms with Gasteiger partial charge in [0.25, 0.3) is 5.91 Å². The Labute approximate surface area is 158 Å². The summed E-state index contributed by atoms with van der Waals surface area (Å²) in [6.07, 6.45) is 0.772. The number of carbonyl (C=O) groups is 1. The van der Waals surface area contributed by atoms with E-state index in [1.807, 2.05) is 55.5 Å². The highest BCUT2D eigenvalue weighted by Crippen LogP contribution is 2.30. The number of rotatable bonds is 6. The molecule has 3 aromatic rings. The predicted molar refractivity (Wildman–Crippen MR) is 106 cm³/mol. The molecular weight excluding hydrogens is 348 g/mol. The van der Waals surface area contributed by atoms with Crippen LogP contribution in [0, 0.1) is 6.92 Å². The average molecular weight is 369 g/mol. The molecule has 0 aliphatic heterocycles.